The molecule has 0 saturated carbocycles. The van der Waals surface area contributed by atoms with Crippen molar-refractivity contribution in [2.24, 2.45) is 0 Å². The van der Waals surface area contributed by atoms with Crippen molar-refractivity contribution in [3.8, 4) is 0 Å². The normalized spacial score (nSPS) is 28.2. The van der Waals surface area contributed by atoms with Gasteiger partial charge in [-0.2, -0.15) is 0 Å². The third kappa shape index (κ3) is 1.98. The first-order valence-corrected chi connectivity index (χ1v) is 3.60. The van der Waals surface area contributed by atoms with Crippen LogP contribution >= 0.6 is 0 Å². The second-order valence-electron chi connectivity index (χ2n) is 2.68. The fourth-order valence-electron chi connectivity index (χ4n) is 1.17. The summed E-state index contributed by atoms with van der Waals surface area (Å²) in [4.78, 5) is 21.4. The van der Waals surface area contributed by atoms with E-state index in [0.29, 0.717) is 6.42 Å². The van der Waals surface area contributed by atoms with Crippen LogP contribution in [0.15, 0.2) is 0 Å². The first kappa shape index (κ1) is 9.06. The maximum atomic E-state index is 11.0. The van der Waals surface area contributed by atoms with E-state index in [4.69, 9.17) is 13.0 Å². The third-order valence-electron chi connectivity index (χ3n) is 1.72. The summed E-state index contributed by atoms with van der Waals surface area (Å²) in [6.07, 6.45) is 0.387. The van der Waals surface area contributed by atoms with Crippen LogP contribution in [0.5, 0.6) is 0 Å². The smallest absolute Gasteiger partial charge is 0.242 e. The fraction of sp³-hybridized carbons (Fsp3) is 0.667. The average molecular weight is 168 g/mol. The Hall–Kier alpha value is -1.04. The van der Waals surface area contributed by atoms with Gasteiger partial charge >= 0.3 is 0 Å². The molecule has 1 aliphatic rings. The zero-order valence-electron chi connectivity index (χ0n) is 6.41. The molecule has 1 saturated heterocycles. The molecular weight excluding hydrogens is 159 g/mol. The number of amides is 2. The Balaban J connectivity index is 2.46. The van der Waals surface area contributed by atoms with E-state index < -0.39 is 11.8 Å². The van der Waals surface area contributed by atoms with Crippen LogP contribution in [0.2, 0.25) is 0 Å². The molecule has 0 aromatic carbocycles. The Morgan fingerprint density at radius 2 is 2.50 bits per heavy atom. The van der Waals surface area contributed by atoms with Crippen molar-refractivity contribution in [2.45, 2.75) is 18.5 Å². The molecule has 2 radical (unpaired) electrons. The van der Waals surface area contributed by atoms with E-state index in [-0.39, 0.29) is 18.6 Å². The van der Waals surface area contributed by atoms with Gasteiger partial charge in [0.05, 0.1) is 12.6 Å². The third-order valence-corrected chi connectivity index (χ3v) is 1.72. The van der Waals surface area contributed by atoms with E-state index in [0.717, 1.165) is 0 Å². The second-order valence-corrected chi connectivity index (χ2v) is 2.68. The molecule has 0 aromatic rings. The van der Waals surface area contributed by atoms with E-state index in [1.165, 1.54) is 0 Å². The molecule has 2 amide bonds. The Kier molecular flexibility index (Phi) is 2.70. The highest BCUT2D eigenvalue weighted by molar-refractivity contribution is 6.57. The number of carbonyl (C=O) groups excluding carboxylic acids is 2. The van der Waals surface area contributed by atoms with E-state index in [1.54, 1.807) is 0 Å². The Labute approximate surface area is 70.9 Å². The monoisotopic (exact) mass is 168 g/mol. The number of hydrogen-bond donors (Lipinski definition) is 3. The van der Waals surface area contributed by atoms with Crippen LogP contribution in [0, 0.1) is 0 Å². The number of carbonyl (C=O) groups is 2. The summed E-state index contributed by atoms with van der Waals surface area (Å²) in [6.45, 7) is -0.122. The van der Waals surface area contributed by atoms with Gasteiger partial charge in [0.15, 0.2) is 5.81 Å². The van der Waals surface area contributed by atoms with E-state index in [1.807, 2.05) is 0 Å². The van der Waals surface area contributed by atoms with Crippen molar-refractivity contribution in [3.63, 3.8) is 0 Å². The number of nitrogens with one attached hydrogen (secondary N) is 2. The highest BCUT2D eigenvalue weighted by Crippen LogP contribution is 2.06. The molecule has 1 rings (SSSR count). The minimum Gasteiger partial charge on any atom is -0.394 e. The number of aliphatic hydroxyl groups excluding tert-OH is 1. The molecule has 1 fully saturated rings. The molecule has 5 nitrogen and oxygen atoms in total. The van der Waals surface area contributed by atoms with Crippen LogP contribution in [0.4, 0.5) is 4.79 Å². The maximum absolute atomic E-state index is 11.0. The summed E-state index contributed by atoms with van der Waals surface area (Å²) in [5.74, 6) is -1.03. The number of hydrogen-bond acceptors (Lipinski definition) is 3. The highest BCUT2D eigenvalue weighted by atomic mass is 16.3. The van der Waals surface area contributed by atoms with Gasteiger partial charge in [-0.15, -0.1) is 0 Å². The lowest BCUT2D eigenvalue weighted by atomic mass is 10.1. The molecule has 0 aliphatic carbocycles. The lowest BCUT2D eigenvalue weighted by molar-refractivity contribution is -0.120. The van der Waals surface area contributed by atoms with Gasteiger partial charge in [0.1, 0.15) is 6.04 Å². The van der Waals surface area contributed by atoms with Crippen LogP contribution in [-0.2, 0) is 4.79 Å². The van der Waals surface area contributed by atoms with Crippen molar-refractivity contribution in [1.82, 2.24) is 10.6 Å². The lowest BCUT2D eigenvalue weighted by Crippen LogP contribution is -2.39. The van der Waals surface area contributed by atoms with E-state index >= 15 is 0 Å². The Morgan fingerprint density at radius 3 is 2.92 bits per heavy atom. The number of aliphatic hydroxyl groups is 1. The van der Waals surface area contributed by atoms with E-state index in [9.17, 15) is 9.59 Å². The zero-order chi connectivity index (χ0) is 9.14. The number of rotatable bonds is 2. The van der Waals surface area contributed by atoms with Crippen LogP contribution < -0.4 is 10.6 Å². The summed E-state index contributed by atoms with van der Waals surface area (Å²) < 4.78 is 0. The zero-order valence-corrected chi connectivity index (χ0v) is 6.41. The molecule has 2 atom stereocenters. The summed E-state index contributed by atoms with van der Waals surface area (Å²) in [5.41, 5.74) is 0. The van der Waals surface area contributed by atoms with Gasteiger partial charge in [0.2, 0.25) is 13.8 Å². The minimum atomic E-state index is -0.728. The molecule has 3 N–H and O–H groups in total. The van der Waals surface area contributed by atoms with Crippen molar-refractivity contribution in [1.29, 1.82) is 0 Å². The average Bonchev–Trinajstić information content (AvgIpc) is 2.31. The lowest BCUT2D eigenvalue weighted by Gasteiger charge is -2.06. The van der Waals surface area contributed by atoms with Crippen molar-refractivity contribution in [2.75, 3.05) is 6.61 Å². The van der Waals surface area contributed by atoms with Gasteiger partial charge in [-0.05, 0) is 6.42 Å². The molecular formula is C6H9BN2O3. The van der Waals surface area contributed by atoms with Crippen LogP contribution in [0.3, 0.4) is 0 Å². The Bertz CT molecular complexity index is 209. The summed E-state index contributed by atoms with van der Waals surface area (Å²) in [6, 6.07) is -0.867. The van der Waals surface area contributed by atoms with Crippen LogP contribution in [0.1, 0.15) is 6.42 Å². The molecule has 0 spiro atoms. The molecule has 1 aliphatic heterocycles. The largest absolute Gasteiger partial charge is 0.394 e. The molecule has 64 valence electrons. The van der Waals surface area contributed by atoms with Crippen molar-refractivity contribution in [3.05, 3.63) is 0 Å². The van der Waals surface area contributed by atoms with Gasteiger partial charge in [-0.3, -0.25) is 9.59 Å². The molecule has 0 unspecified atom stereocenters. The van der Waals surface area contributed by atoms with Crippen molar-refractivity contribution >= 4 is 19.6 Å². The fourth-order valence-corrected chi connectivity index (χ4v) is 1.17. The molecule has 6 heteroatoms. The maximum Gasteiger partial charge on any atom is 0.242 e. The minimum absolute atomic E-state index is 0.122. The van der Waals surface area contributed by atoms with Crippen LogP contribution in [-0.4, -0.2) is 43.4 Å². The van der Waals surface area contributed by atoms with Gasteiger partial charge in [0, 0.05) is 0 Å². The van der Waals surface area contributed by atoms with Gasteiger partial charge in [-0.25, -0.2) is 0 Å². The standard InChI is InChI=1S/C6H9BN2O3/c7-6(12)9-4-1-3(2-10)8-5(4)11/h3-4,10H,1-2H2,(H,8,11)(H,9,12)/t3-,4+/m1/s1. The molecule has 0 bridgehead atoms. The molecule has 12 heavy (non-hydrogen) atoms. The highest BCUT2D eigenvalue weighted by Gasteiger charge is 2.31. The van der Waals surface area contributed by atoms with E-state index in [2.05, 4.69) is 10.6 Å². The predicted octanol–water partition coefficient (Wildman–Crippen LogP) is -1.89. The Morgan fingerprint density at radius 1 is 1.83 bits per heavy atom. The van der Waals surface area contributed by atoms with Gasteiger partial charge in [0.25, 0.3) is 0 Å². The molecule has 0 aromatic heterocycles. The van der Waals surface area contributed by atoms with Crippen LogP contribution in [0.25, 0.3) is 0 Å². The van der Waals surface area contributed by atoms with Gasteiger partial charge in [-0.1, -0.05) is 0 Å². The van der Waals surface area contributed by atoms with Gasteiger partial charge < -0.3 is 15.7 Å². The second kappa shape index (κ2) is 3.58. The van der Waals surface area contributed by atoms with Crippen molar-refractivity contribution < 1.29 is 14.7 Å². The summed E-state index contributed by atoms with van der Waals surface area (Å²) in [5, 5.41) is 13.4. The SMILES string of the molecule is [B]C(=O)N[C@H]1C[C@H](CO)NC1=O. The summed E-state index contributed by atoms with van der Waals surface area (Å²) >= 11 is 0. The predicted molar refractivity (Wildman–Crippen MR) is 41.7 cm³/mol. The summed E-state index contributed by atoms with van der Waals surface area (Å²) in [7, 11) is 4.83. The first-order valence-electron chi connectivity index (χ1n) is 3.60. The topological polar surface area (TPSA) is 78.4 Å². The molecule has 1 heterocycles. The first-order chi connectivity index (χ1) is 5.63. The quantitative estimate of drug-likeness (QED) is 0.422.